The number of halogens is 7. The summed E-state index contributed by atoms with van der Waals surface area (Å²) in [6.45, 7) is 8.27. The lowest BCUT2D eigenvalue weighted by atomic mass is 9.60. The van der Waals surface area contributed by atoms with Crippen LogP contribution in [0.25, 0.3) is 5.70 Å². The second-order valence-electron chi connectivity index (χ2n) is 9.84. The molecule has 0 N–H and O–H groups in total. The van der Waals surface area contributed by atoms with Crippen LogP contribution < -0.4 is 0 Å². The van der Waals surface area contributed by atoms with Crippen molar-refractivity contribution in [2.45, 2.75) is 44.1 Å². The van der Waals surface area contributed by atoms with Crippen molar-refractivity contribution in [1.82, 2.24) is 9.80 Å². The Morgan fingerprint density at radius 2 is 1.72 bits per heavy atom. The Bertz CT molecular complexity index is 1140. The lowest BCUT2D eigenvalue weighted by Crippen LogP contribution is -2.65. The van der Waals surface area contributed by atoms with E-state index in [-0.39, 0.29) is 35.0 Å². The number of rotatable bonds is 6. The smallest absolute Gasteiger partial charge is 0.371 e. The lowest BCUT2D eigenvalue weighted by Gasteiger charge is -2.62. The molecule has 1 heterocycles. The first-order valence-electron chi connectivity index (χ1n) is 11.6. The number of hydrogen-bond acceptors (Lipinski definition) is 2. The number of alkyl halides is 6. The monoisotopic (exact) mass is 512 g/mol. The van der Waals surface area contributed by atoms with Crippen LogP contribution in [0.5, 0.6) is 0 Å². The quantitative estimate of drug-likeness (QED) is 0.289. The molecule has 1 aromatic carbocycles. The van der Waals surface area contributed by atoms with Crippen LogP contribution in [-0.2, 0) is 0 Å². The van der Waals surface area contributed by atoms with Crippen molar-refractivity contribution in [2.24, 2.45) is 5.41 Å². The standard InChI is InChI=1S/C27H27F7N2/c1-17(26(29,30)31)12-24(21-9-4-6-10-22(21)27(32,33)34)35(3)19-13-25(14-19)15-36(16-25)18(2)20-8-5-7-11-23(20)28/h5-8,10-12,19H,1-2,4,9,13-16H2,3H3/b24-12-. The van der Waals surface area contributed by atoms with Gasteiger partial charge in [0.1, 0.15) is 5.82 Å². The number of likely N-dealkylation sites (N-methyl/N-ethyl adjacent to an activating group) is 1. The van der Waals surface area contributed by atoms with Gasteiger partial charge in [-0.2, -0.15) is 26.3 Å². The van der Waals surface area contributed by atoms with Gasteiger partial charge in [0.15, 0.2) is 0 Å². The minimum atomic E-state index is -4.75. The van der Waals surface area contributed by atoms with E-state index >= 15 is 0 Å². The van der Waals surface area contributed by atoms with Gasteiger partial charge in [0.05, 0.1) is 11.1 Å². The molecule has 3 aliphatic rings. The maximum Gasteiger partial charge on any atom is 0.416 e. The maximum absolute atomic E-state index is 14.1. The molecule has 194 valence electrons. The van der Waals surface area contributed by atoms with Gasteiger partial charge in [0, 0.05) is 48.6 Å². The molecule has 0 radical (unpaired) electrons. The molecule has 36 heavy (non-hydrogen) atoms. The van der Waals surface area contributed by atoms with Crippen molar-refractivity contribution in [3.05, 3.63) is 89.4 Å². The van der Waals surface area contributed by atoms with E-state index in [9.17, 15) is 30.7 Å². The van der Waals surface area contributed by atoms with Gasteiger partial charge in [0.25, 0.3) is 0 Å². The average molecular weight is 513 g/mol. The summed E-state index contributed by atoms with van der Waals surface area (Å²) in [5, 5.41) is 0. The van der Waals surface area contributed by atoms with Gasteiger partial charge >= 0.3 is 12.4 Å². The zero-order valence-electron chi connectivity index (χ0n) is 19.8. The van der Waals surface area contributed by atoms with Crippen molar-refractivity contribution in [1.29, 1.82) is 0 Å². The zero-order chi connectivity index (χ0) is 26.5. The van der Waals surface area contributed by atoms with Crippen LogP contribution in [0.3, 0.4) is 0 Å². The van der Waals surface area contributed by atoms with E-state index in [1.165, 1.54) is 17.0 Å². The molecule has 2 nitrogen and oxygen atoms in total. The lowest BCUT2D eigenvalue weighted by molar-refractivity contribution is -0.0900. The predicted molar refractivity (Wildman–Crippen MR) is 125 cm³/mol. The van der Waals surface area contributed by atoms with Crippen LogP contribution in [-0.4, -0.2) is 48.3 Å². The molecule has 4 rings (SSSR count). The highest BCUT2D eigenvalue weighted by atomic mass is 19.4. The van der Waals surface area contributed by atoms with E-state index in [0.29, 0.717) is 43.6 Å². The molecule has 0 atom stereocenters. The summed E-state index contributed by atoms with van der Waals surface area (Å²) in [6, 6.07) is 6.10. The van der Waals surface area contributed by atoms with Crippen molar-refractivity contribution in [3.63, 3.8) is 0 Å². The van der Waals surface area contributed by atoms with Gasteiger partial charge < -0.3 is 9.80 Å². The third-order valence-corrected chi connectivity index (χ3v) is 7.34. The molecular formula is C27H27F7N2. The molecule has 1 aromatic rings. The number of benzene rings is 1. The van der Waals surface area contributed by atoms with Crippen molar-refractivity contribution < 1.29 is 30.7 Å². The summed E-state index contributed by atoms with van der Waals surface area (Å²) in [4.78, 5) is 3.49. The Labute approximate surface area is 205 Å². The molecular weight excluding hydrogens is 485 g/mol. The Balaban J connectivity index is 1.52. The zero-order valence-corrected chi connectivity index (χ0v) is 19.8. The molecule has 2 aliphatic carbocycles. The molecule has 0 amide bonds. The Hall–Kier alpha value is -2.97. The second-order valence-corrected chi connectivity index (χ2v) is 9.84. The average Bonchev–Trinajstić information content (AvgIpc) is 2.74. The summed E-state index contributed by atoms with van der Waals surface area (Å²) >= 11 is 0. The van der Waals surface area contributed by atoms with Crippen molar-refractivity contribution >= 4 is 5.70 Å². The third-order valence-electron chi connectivity index (χ3n) is 7.34. The first-order valence-corrected chi connectivity index (χ1v) is 11.6. The van der Waals surface area contributed by atoms with E-state index in [4.69, 9.17) is 0 Å². The highest BCUT2D eigenvalue weighted by Gasteiger charge is 2.54. The fourth-order valence-corrected chi connectivity index (χ4v) is 5.33. The van der Waals surface area contributed by atoms with Crippen molar-refractivity contribution in [2.75, 3.05) is 20.1 Å². The minimum absolute atomic E-state index is 0.0131. The number of nitrogens with zero attached hydrogens (tertiary/aromatic N) is 2. The van der Waals surface area contributed by atoms with Crippen LogP contribution >= 0.6 is 0 Å². The Morgan fingerprint density at radius 1 is 1.08 bits per heavy atom. The predicted octanol–water partition coefficient (Wildman–Crippen LogP) is 7.40. The van der Waals surface area contributed by atoms with Crippen molar-refractivity contribution in [3.8, 4) is 0 Å². The second kappa shape index (κ2) is 9.16. The van der Waals surface area contributed by atoms with E-state index in [1.807, 2.05) is 4.90 Å². The summed E-state index contributed by atoms with van der Waals surface area (Å²) in [6.07, 6.45) is -4.88. The largest absolute Gasteiger partial charge is 0.416 e. The van der Waals surface area contributed by atoms with Gasteiger partial charge in [-0.05, 0) is 49.5 Å². The van der Waals surface area contributed by atoms with E-state index in [2.05, 4.69) is 13.2 Å². The topological polar surface area (TPSA) is 6.48 Å². The molecule has 0 unspecified atom stereocenters. The normalized spacial score (nSPS) is 20.3. The molecule has 2 fully saturated rings. The van der Waals surface area contributed by atoms with Gasteiger partial charge in [-0.1, -0.05) is 37.4 Å². The van der Waals surface area contributed by atoms with Gasteiger partial charge in [-0.25, -0.2) is 4.39 Å². The highest BCUT2D eigenvalue weighted by molar-refractivity contribution is 5.63. The van der Waals surface area contributed by atoms with Crippen LogP contribution in [0.4, 0.5) is 30.7 Å². The fraction of sp³-hybridized carbons (Fsp3) is 0.407. The summed E-state index contributed by atoms with van der Waals surface area (Å²) in [5.74, 6) is -0.371. The fourth-order valence-electron chi connectivity index (χ4n) is 5.33. The highest BCUT2D eigenvalue weighted by Crippen LogP contribution is 2.53. The van der Waals surface area contributed by atoms with E-state index in [1.54, 1.807) is 25.2 Å². The van der Waals surface area contributed by atoms with Crippen LogP contribution in [0.15, 0.2) is 78.1 Å². The van der Waals surface area contributed by atoms with E-state index in [0.717, 1.165) is 12.2 Å². The van der Waals surface area contributed by atoms with E-state index < -0.39 is 23.5 Å². The summed E-state index contributed by atoms with van der Waals surface area (Å²) in [7, 11) is 1.54. The Morgan fingerprint density at radius 3 is 2.31 bits per heavy atom. The summed E-state index contributed by atoms with van der Waals surface area (Å²) < 4.78 is 95.1. The molecule has 1 aliphatic heterocycles. The van der Waals surface area contributed by atoms with Crippen LogP contribution in [0.1, 0.15) is 31.2 Å². The molecule has 1 saturated heterocycles. The molecule has 1 spiro atoms. The van der Waals surface area contributed by atoms with Crippen LogP contribution in [0, 0.1) is 11.2 Å². The molecule has 0 bridgehead atoms. The summed E-state index contributed by atoms with van der Waals surface area (Å²) in [5.41, 5.74) is -1.51. The SMILES string of the molecule is C=C(c1ccccc1F)N1CC2(CC(N(C)/C(=C\C(=C)C(F)(F)F)C3=C(C(F)(F)F)C=CCC3)C2)C1. The number of likely N-dealkylation sites (tertiary alicyclic amines) is 1. The first kappa shape index (κ1) is 26.1. The molecule has 0 aromatic heterocycles. The number of hydrogen-bond donors (Lipinski definition) is 0. The first-order chi connectivity index (χ1) is 16.7. The Kier molecular flexibility index (Phi) is 6.64. The molecule has 9 heteroatoms. The minimum Gasteiger partial charge on any atom is -0.371 e. The number of allylic oxidation sites excluding steroid dienone is 6. The van der Waals surface area contributed by atoms with Gasteiger partial charge in [0.2, 0.25) is 0 Å². The van der Waals surface area contributed by atoms with Gasteiger partial charge in [-0.3, -0.25) is 0 Å². The van der Waals surface area contributed by atoms with Gasteiger partial charge in [-0.15, -0.1) is 0 Å². The molecule has 1 saturated carbocycles. The maximum atomic E-state index is 14.1. The van der Waals surface area contributed by atoms with Crippen LogP contribution in [0.2, 0.25) is 0 Å². The third kappa shape index (κ3) is 4.97.